The first-order chi connectivity index (χ1) is 12.1. The van der Waals surface area contributed by atoms with Gasteiger partial charge >= 0.3 is 0 Å². The second-order valence-electron chi connectivity index (χ2n) is 7.08. The van der Waals surface area contributed by atoms with Gasteiger partial charge in [0.2, 0.25) is 0 Å². The average Bonchev–Trinajstić information content (AvgIpc) is 3.22. The monoisotopic (exact) mass is 345 g/mol. The van der Waals surface area contributed by atoms with E-state index in [2.05, 4.69) is 15.5 Å². The lowest BCUT2D eigenvalue weighted by molar-refractivity contribution is 0.0670. The van der Waals surface area contributed by atoms with Crippen LogP contribution in [-0.4, -0.2) is 51.2 Å². The summed E-state index contributed by atoms with van der Waals surface area (Å²) < 4.78 is 12.6. The van der Waals surface area contributed by atoms with Gasteiger partial charge in [-0.3, -0.25) is 4.79 Å². The number of amides is 1. The molecule has 2 aromatic rings. The van der Waals surface area contributed by atoms with Crippen LogP contribution in [0.2, 0.25) is 0 Å². The summed E-state index contributed by atoms with van der Waals surface area (Å²) in [5.74, 6) is 1.27. The largest absolute Gasteiger partial charge is 0.384 e. The fourth-order valence-corrected chi connectivity index (χ4v) is 3.63. The highest BCUT2D eigenvalue weighted by Gasteiger charge is 2.36. The molecule has 134 valence electrons. The highest BCUT2D eigenvalue weighted by atomic mass is 16.5. The van der Waals surface area contributed by atoms with Gasteiger partial charge in [0.25, 0.3) is 5.91 Å². The van der Waals surface area contributed by atoms with E-state index in [4.69, 9.17) is 9.26 Å². The number of aryl methyl sites for hydroxylation is 2. The number of nitrogens with zero attached hydrogens (tertiary/aromatic N) is 5. The zero-order valence-electron chi connectivity index (χ0n) is 14.9. The van der Waals surface area contributed by atoms with Crippen LogP contribution in [-0.2, 0) is 17.8 Å². The molecule has 0 spiro atoms. The molecule has 1 aliphatic carbocycles. The Balaban J connectivity index is 1.62. The number of methoxy groups -OCH3 is 1. The lowest BCUT2D eigenvalue weighted by atomic mass is 9.97. The van der Waals surface area contributed by atoms with E-state index < -0.39 is 0 Å². The molecule has 4 rings (SSSR count). The molecule has 1 saturated carbocycles. The summed E-state index contributed by atoms with van der Waals surface area (Å²) in [6.45, 7) is 6.06. The third-order valence-corrected chi connectivity index (χ3v) is 5.05. The lowest BCUT2D eigenvalue weighted by Crippen LogP contribution is -2.40. The molecule has 2 aliphatic rings. The van der Waals surface area contributed by atoms with Crippen molar-refractivity contribution >= 4 is 5.91 Å². The summed E-state index contributed by atoms with van der Waals surface area (Å²) >= 11 is 0. The van der Waals surface area contributed by atoms with Crippen LogP contribution in [0.25, 0.3) is 0 Å². The lowest BCUT2D eigenvalue weighted by Gasteiger charge is -2.32. The van der Waals surface area contributed by atoms with Crippen LogP contribution in [0.15, 0.2) is 4.52 Å². The minimum atomic E-state index is -0.0697. The molecule has 0 unspecified atom stereocenters. The number of carbonyl (C=O) groups excluding carboxylic acids is 1. The highest BCUT2D eigenvalue weighted by molar-refractivity contribution is 5.96. The minimum Gasteiger partial charge on any atom is -0.384 e. The SMILES string of the molecule is COC[C@H]1CN(C(=O)c2c(C)noc2C)Cc2nnn(CC3CC3)c21. The number of fused-ring (bicyclic) bond motifs is 1. The maximum Gasteiger partial charge on any atom is 0.259 e. The molecule has 8 heteroatoms. The first-order valence-corrected chi connectivity index (χ1v) is 8.71. The van der Waals surface area contributed by atoms with Gasteiger partial charge in [-0.05, 0) is 32.6 Å². The number of rotatable bonds is 5. The quantitative estimate of drug-likeness (QED) is 0.819. The van der Waals surface area contributed by atoms with Gasteiger partial charge in [0.15, 0.2) is 0 Å². The summed E-state index contributed by atoms with van der Waals surface area (Å²) in [5, 5.41) is 12.6. The highest BCUT2D eigenvalue weighted by Crippen LogP contribution is 2.34. The number of hydrogen-bond acceptors (Lipinski definition) is 6. The Morgan fingerprint density at radius 1 is 1.36 bits per heavy atom. The van der Waals surface area contributed by atoms with E-state index in [1.807, 2.05) is 4.68 Å². The van der Waals surface area contributed by atoms with Gasteiger partial charge < -0.3 is 14.2 Å². The van der Waals surface area contributed by atoms with Crippen molar-refractivity contribution in [3.8, 4) is 0 Å². The van der Waals surface area contributed by atoms with Gasteiger partial charge in [-0.25, -0.2) is 4.68 Å². The summed E-state index contributed by atoms with van der Waals surface area (Å²) in [7, 11) is 1.68. The summed E-state index contributed by atoms with van der Waals surface area (Å²) in [6, 6.07) is 0. The van der Waals surface area contributed by atoms with Crippen LogP contribution in [0.1, 0.15) is 52.0 Å². The Bertz CT molecular complexity index is 773. The van der Waals surface area contributed by atoms with Crippen molar-refractivity contribution in [1.29, 1.82) is 0 Å². The predicted octanol–water partition coefficient (Wildman–Crippen LogP) is 1.68. The van der Waals surface area contributed by atoms with E-state index in [9.17, 15) is 4.79 Å². The number of hydrogen-bond donors (Lipinski definition) is 0. The molecule has 3 heterocycles. The van der Waals surface area contributed by atoms with Gasteiger partial charge in [0.05, 0.1) is 24.5 Å². The van der Waals surface area contributed by atoms with Crippen molar-refractivity contribution < 1.29 is 14.1 Å². The molecule has 0 saturated heterocycles. The molecule has 25 heavy (non-hydrogen) atoms. The number of ether oxygens (including phenoxy) is 1. The van der Waals surface area contributed by atoms with Crippen LogP contribution in [0, 0.1) is 19.8 Å². The summed E-state index contributed by atoms with van der Waals surface area (Å²) in [4.78, 5) is 14.8. The topological polar surface area (TPSA) is 86.3 Å². The van der Waals surface area contributed by atoms with Crippen LogP contribution < -0.4 is 0 Å². The Hall–Kier alpha value is -2.22. The van der Waals surface area contributed by atoms with Crippen LogP contribution >= 0.6 is 0 Å². The molecule has 0 N–H and O–H groups in total. The van der Waals surface area contributed by atoms with Crippen molar-refractivity contribution in [2.75, 3.05) is 20.3 Å². The third kappa shape index (κ3) is 2.95. The van der Waals surface area contributed by atoms with Gasteiger partial charge in [0.1, 0.15) is 17.0 Å². The molecular weight excluding hydrogens is 322 g/mol. The Kier molecular flexibility index (Phi) is 4.07. The predicted molar refractivity (Wildman–Crippen MR) is 88.1 cm³/mol. The van der Waals surface area contributed by atoms with Gasteiger partial charge in [-0.15, -0.1) is 5.10 Å². The van der Waals surface area contributed by atoms with Gasteiger partial charge in [0, 0.05) is 26.1 Å². The van der Waals surface area contributed by atoms with Crippen molar-refractivity contribution in [3.63, 3.8) is 0 Å². The molecule has 1 atom stereocenters. The molecule has 1 aliphatic heterocycles. The molecule has 0 aromatic carbocycles. The molecule has 8 nitrogen and oxygen atoms in total. The molecular formula is C17H23N5O3. The van der Waals surface area contributed by atoms with E-state index in [1.165, 1.54) is 12.8 Å². The standard InChI is InChI=1S/C17H23N5O3/c1-10-15(11(2)25-19-10)17(23)21-7-13(9-24-3)16-14(8-21)18-20-22(16)6-12-4-5-12/h12-13H,4-9H2,1-3H3/t13-/m1/s1. The van der Waals surface area contributed by atoms with Crippen LogP contribution in [0.3, 0.4) is 0 Å². The van der Waals surface area contributed by atoms with Crippen molar-refractivity contribution in [1.82, 2.24) is 25.1 Å². The van der Waals surface area contributed by atoms with E-state index in [-0.39, 0.29) is 11.8 Å². The normalized spacial score (nSPS) is 20.0. The smallest absolute Gasteiger partial charge is 0.259 e. The minimum absolute atomic E-state index is 0.0697. The van der Waals surface area contributed by atoms with Gasteiger partial charge in [-0.2, -0.15) is 0 Å². The van der Waals surface area contributed by atoms with Gasteiger partial charge in [-0.1, -0.05) is 10.4 Å². The van der Waals surface area contributed by atoms with E-state index in [1.54, 1.807) is 25.9 Å². The van der Waals surface area contributed by atoms with Crippen molar-refractivity contribution in [2.45, 2.75) is 45.7 Å². The Morgan fingerprint density at radius 3 is 2.80 bits per heavy atom. The first kappa shape index (κ1) is 16.3. The Morgan fingerprint density at radius 2 is 2.16 bits per heavy atom. The molecule has 1 amide bonds. The average molecular weight is 345 g/mol. The van der Waals surface area contributed by atoms with Crippen molar-refractivity contribution in [3.05, 3.63) is 28.4 Å². The zero-order valence-corrected chi connectivity index (χ0v) is 14.9. The maximum atomic E-state index is 13.0. The molecule has 1 fully saturated rings. The third-order valence-electron chi connectivity index (χ3n) is 5.05. The number of aromatic nitrogens is 4. The molecule has 0 bridgehead atoms. The Labute approximate surface area is 146 Å². The van der Waals surface area contributed by atoms with E-state index in [0.29, 0.717) is 36.7 Å². The summed E-state index contributed by atoms with van der Waals surface area (Å²) in [6.07, 6.45) is 2.53. The first-order valence-electron chi connectivity index (χ1n) is 8.71. The maximum absolute atomic E-state index is 13.0. The molecule has 2 aromatic heterocycles. The molecule has 0 radical (unpaired) electrons. The second kappa shape index (κ2) is 6.25. The van der Waals surface area contributed by atoms with E-state index >= 15 is 0 Å². The van der Waals surface area contributed by atoms with E-state index in [0.717, 1.165) is 23.9 Å². The fraction of sp³-hybridized carbons (Fsp3) is 0.647. The summed E-state index contributed by atoms with van der Waals surface area (Å²) in [5.41, 5.74) is 3.16. The zero-order chi connectivity index (χ0) is 17.6. The fourth-order valence-electron chi connectivity index (χ4n) is 3.63. The van der Waals surface area contributed by atoms with Crippen molar-refractivity contribution in [2.24, 2.45) is 5.92 Å². The van der Waals surface area contributed by atoms with Crippen LogP contribution in [0.5, 0.6) is 0 Å². The second-order valence-corrected chi connectivity index (χ2v) is 7.08. The number of carbonyl (C=O) groups is 1. The van der Waals surface area contributed by atoms with Crippen LogP contribution in [0.4, 0.5) is 0 Å².